The maximum atomic E-state index is 13.9. The van der Waals surface area contributed by atoms with E-state index in [1.54, 1.807) is 23.6 Å². The maximum Gasteiger partial charge on any atom is 0.218 e. The molecule has 8 heteroatoms. The molecule has 0 radical (unpaired) electrons. The number of nitrogens with zero attached hydrogens (tertiary/aromatic N) is 3. The summed E-state index contributed by atoms with van der Waals surface area (Å²) in [4.78, 5) is 4.53. The number of nitrogens with one attached hydrogen (secondary N) is 1. The van der Waals surface area contributed by atoms with Crippen molar-refractivity contribution in [1.29, 1.82) is 0 Å². The second-order valence-corrected chi connectivity index (χ2v) is 9.06. The summed E-state index contributed by atoms with van der Waals surface area (Å²) >= 11 is 0. The van der Waals surface area contributed by atoms with Gasteiger partial charge in [-0.05, 0) is 59.7 Å². The van der Waals surface area contributed by atoms with E-state index in [1.807, 2.05) is 27.7 Å². The molecule has 1 aromatic carbocycles. The molecule has 0 amide bonds. The Labute approximate surface area is 190 Å². The maximum absolute atomic E-state index is 13.9. The van der Waals surface area contributed by atoms with Gasteiger partial charge in [0.1, 0.15) is 17.3 Å². The third kappa shape index (κ3) is 5.59. The van der Waals surface area contributed by atoms with E-state index in [9.17, 15) is 14.6 Å². The Morgan fingerprint density at radius 2 is 1.72 bits per heavy atom. The number of piperazine rings is 1. The van der Waals surface area contributed by atoms with E-state index in [2.05, 4.69) is 15.1 Å². The third-order valence-electron chi connectivity index (χ3n) is 5.73. The first kappa shape index (κ1) is 24.0. The molecule has 0 bridgehead atoms. The summed E-state index contributed by atoms with van der Waals surface area (Å²) in [7, 11) is 0. The quantitative estimate of drug-likeness (QED) is 0.535. The van der Waals surface area contributed by atoms with Crippen LogP contribution in [-0.4, -0.2) is 64.5 Å². The minimum absolute atomic E-state index is 0.0295. The smallest absolute Gasteiger partial charge is 0.218 e. The second kappa shape index (κ2) is 10.3. The van der Waals surface area contributed by atoms with Crippen molar-refractivity contribution in [2.45, 2.75) is 59.7 Å². The van der Waals surface area contributed by atoms with Gasteiger partial charge in [0.25, 0.3) is 0 Å². The van der Waals surface area contributed by atoms with Crippen LogP contribution in [0.15, 0.2) is 18.2 Å². The minimum Gasteiger partial charge on any atom is -0.494 e. The topological polar surface area (TPSA) is 73.1 Å². The molecule has 1 aromatic heterocycles. The van der Waals surface area contributed by atoms with E-state index < -0.39 is 0 Å². The molecule has 0 spiro atoms. The number of anilines is 2. The Hall–Kier alpha value is -2.61. The van der Waals surface area contributed by atoms with Gasteiger partial charge in [-0.25, -0.2) is 4.39 Å². The lowest BCUT2D eigenvalue weighted by Gasteiger charge is -2.37. The molecule has 0 saturated carbocycles. The number of aromatic hydroxyl groups is 2. The van der Waals surface area contributed by atoms with E-state index in [0.29, 0.717) is 17.8 Å². The fourth-order valence-corrected chi connectivity index (χ4v) is 4.15. The molecule has 1 fully saturated rings. The van der Waals surface area contributed by atoms with Crippen LogP contribution < -0.4 is 15.0 Å². The number of rotatable bonds is 9. The van der Waals surface area contributed by atoms with Crippen LogP contribution >= 0.6 is 0 Å². The van der Waals surface area contributed by atoms with Crippen molar-refractivity contribution in [1.82, 2.24) is 9.47 Å². The monoisotopic (exact) mass is 448 g/mol. The summed E-state index contributed by atoms with van der Waals surface area (Å²) < 4.78 is 21.3. The van der Waals surface area contributed by atoms with Crippen LogP contribution in [-0.2, 0) is 6.54 Å². The van der Waals surface area contributed by atoms with Crippen molar-refractivity contribution in [3.05, 3.63) is 29.6 Å². The van der Waals surface area contributed by atoms with Crippen LogP contribution in [0.25, 0.3) is 0 Å². The van der Waals surface area contributed by atoms with E-state index >= 15 is 0 Å². The summed E-state index contributed by atoms with van der Waals surface area (Å²) in [5.74, 6) is 0.655. The van der Waals surface area contributed by atoms with Crippen LogP contribution in [0.3, 0.4) is 0 Å². The first-order valence-corrected chi connectivity index (χ1v) is 11.5. The Balaban J connectivity index is 1.54. The zero-order valence-electron chi connectivity index (χ0n) is 19.9. The predicted octanol–water partition coefficient (Wildman–Crippen LogP) is 4.17. The van der Waals surface area contributed by atoms with Crippen molar-refractivity contribution in [3.8, 4) is 17.5 Å². The zero-order chi connectivity index (χ0) is 23.4. The van der Waals surface area contributed by atoms with Gasteiger partial charge in [0.05, 0.1) is 11.8 Å². The number of hydrogen-bond acceptors (Lipinski definition) is 6. The van der Waals surface area contributed by atoms with Crippen molar-refractivity contribution in [3.63, 3.8) is 0 Å². The summed E-state index contributed by atoms with van der Waals surface area (Å²) in [6.07, 6.45) is 0.833. The van der Waals surface area contributed by atoms with Crippen LogP contribution in [0.2, 0.25) is 0 Å². The predicted molar refractivity (Wildman–Crippen MR) is 127 cm³/mol. The van der Waals surface area contributed by atoms with Crippen LogP contribution in [0, 0.1) is 12.7 Å². The molecule has 0 aliphatic carbocycles. The Morgan fingerprint density at radius 3 is 2.34 bits per heavy atom. The van der Waals surface area contributed by atoms with E-state index in [-0.39, 0.29) is 29.7 Å². The van der Waals surface area contributed by atoms with Gasteiger partial charge in [0.2, 0.25) is 5.88 Å². The first-order valence-electron chi connectivity index (χ1n) is 11.5. The summed E-state index contributed by atoms with van der Waals surface area (Å²) in [6, 6.07) is 4.86. The van der Waals surface area contributed by atoms with Gasteiger partial charge in [-0.1, -0.05) is 0 Å². The molecule has 0 unspecified atom stereocenters. The SMILES string of the molecule is Cc1c(NC(C)C)c(O)n(CCCN2CCN(c3cc(F)ccc3OC(C)C)CC2)c1O. The molecule has 178 valence electrons. The van der Waals surface area contributed by atoms with Gasteiger partial charge in [-0.2, -0.15) is 0 Å². The van der Waals surface area contributed by atoms with Crippen molar-refractivity contribution in [2.75, 3.05) is 42.9 Å². The fraction of sp³-hybridized carbons (Fsp3) is 0.583. The Kier molecular flexibility index (Phi) is 7.77. The van der Waals surface area contributed by atoms with Crippen LogP contribution in [0.1, 0.15) is 39.7 Å². The lowest BCUT2D eigenvalue weighted by Crippen LogP contribution is -2.47. The summed E-state index contributed by atoms with van der Waals surface area (Å²) in [6.45, 7) is 14.4. The highest BCUT2D eigenvalue weighted by atomic mass is 19.1. The summed E-state index contributed by atoms with van der Waals surface area (Å²) in [5.41, 5.74) is 2.07. The fourth-order valence-electron chi connectivity index (χ4n) is 4.15. The molecule has 1 aliphatic heterocycles. The molecule has 32 heavy (non-hydrogen) atoms. The highest BCUT2D eigenvalue weighted by molar-refractivity contribution is 5.64. The lowest BCUT2D eigenvalue weighted by atomic mass is 10.2. The lowest BCUT2D eigenvalue weighted by molar-refractivity contribution is 0.234. The molecule has 0 atom stereocenters. The van der Waals surface area contributed by atoms with Crippen LogP contribution in [0.4, 0.5) is 15.8 Å². The molecule has 2 heterocycles. The normalized spacial score (nSPS) is 15.1. The number of aromatic nitrogens is 1. The molecular formula is C24H37FN4O3. The molecule has 7 nitrogen and oxygen atoms in total. The molecule has 1 aliphatic rings. The molecule has 3 N–H and O–H groups in total. The van der Waals surface area contributed by atoms with Gasteiger partial charge in [0.15, 0.2) is 5.88 Å². The number of ether oxygens (including phenoxy) is 1. The van der Waals surface area contributed by atoms with Gasteiger partial charge in [-0.3, -0.25) is 9.47 Å². The van der Waals surface area contributed by atoms with Gasteiger partial charge in [0, 0.05) is 50.4 Å². The van der Waals surface area contributed by atoms with Crippen LogP contribution in [0.5, 0.6) is 17.5 Å². The Morgan fingerprint density at radius 1 is 1.03 bits per heavy atom. The first-order chi connectivity index (χ1) is 15.2. The highest BCUT2D eigenvalue weighted by Crippen LogP contribution is 2.38. The minimum atomic E-state index is -0.258. The van der Waals surface area contributed by atoms with E-state index in [0.717, 1.165) is 50.6 Å². The van der Waals surface area contributed by atoms with Crippen molar-refractivity contribution in [2.24, 2.45) is 0 Å². The highest BCUT2D eigenvalue weighted by Gasteiger charge is 2.22. The van der Waals surface area contributed by atoms with Gasteiger partial charge in [-0.15, -0.1) is 0 Å². The molecule has 3 rings (SSSR count). The number of hydrogen-bond donors (Lipinski definition) is 3. The second-order valence-electron chi connectivity index (χ2n) is 9.06. The summed E-state index contributed by atoms with van der Waals surface area (Å²) in [5, 5.41) is 24.1. The standard InChI is InChI=1S/C24H37FN4O3/c1-16(2)26-22-18(5)23(30)29(24(22)31)10-6-9-27-11-13-28(14-12-27)20-15-19(25)7-8-21(20)32-17(3)4/h7-8,15-17,26,30-31H,6,9-14H2,1-5H3. The molecule has 2 aromatic rings. The van der Waals surface area contributed by atoms with E-state index in [4.69, 9.17) is 4.74 Å². The average Bonchev–Trinajstić information content (AvgIpc) is 2.93. The molecule has 1 saturated heterocycles. The van der Waals surface area contributed by atoms with Gasteiger partial charge < -0.3 is 25.2 Å². The van der Waals surface area contributed by atoms with E-state index in [1.165, 1.54) is 6.07 Å². The largest absolute Gasteiger partial charge is 0.494 e. The average molecular weight is 449 g/mol. The zero-order valence-corrected chi connectivity index (χ0v) is 19.9. The number of halogens is 1. The van der Waals surface area contributed by atoms with Crippen molar-refractivity contribution < 1.29 is 19.3 Å². The van der Waals surface area contributed by atoms with Crippen molar-refractivity contribution >= 4 is 11.4 Å². The van der Waals surface area contributed by atoms with Gasteiger partial charge >= 0.3 is 0 Å². The Bertz CT molecular complexity index is 905. The molecular weight excluding hydrogens is 411 g/mol. The third-order valence-corrected chi connectivity index (χ3v) is 5.73. The number of benzene rings is 1.